The lowest BCUT2D eigenvalue weighted by Gasteiger charge is -2.53. The molecule has 3 aliphatic rings. The number of benzene rings is 2. The Morgan fingerprint density at radius 3 is 1.91 bits per heavy atom. The van der Waals surface area contributed by atoms with Crippen molar-refractivity contribution in [2.75, 3.05) is 16.8 Å². The van der Waals surface area contributed by atoms with Gasteiger partial charge in [-0.3, -0.25) is 0 Å². The van der Waals surface area contributed by atoms with Crippen molar-refractivity contribution in [3.63, 3.8) is 0 Å². The summed E-state index contributed by atoms with van der Waals surface area (Å²) in [6.07, 6.45) is 6.51. The molecular weight excluding hydrogens is 388 g/mol. The summed E-state index contributed by atoms with van der Waals surface area (Å²) in [6, 6.07) is 14.4. The van der Waals surface area contributed by atoms with Crippen LogP contribution in [0.5, 0.6) is 0 Å². The molecule has 0 bridgehead atoms. The molecule has 0 saturated heterocycles. The van der Waals surface area contributed by atoms with Gasteiger partial charge in [0, 0.05) is 24.1 Å². The van der Waals surface area contributed by atoms with Gasteiger partial charge in [-0.15, -0.1) is 0 Å². The van der Waals surface area contributed by atoms with E-state index < -0.39 is 0 Å². The van der Waals surface area contributed by atoms with Gasteiger partial charge < -0.3 is 9.80 Å². The molecule has 2 heterocycles. The van der Waals surface area contributed by atoms with Crippen LogP contribution in [0.4, 0.5) is 17.1 Å². The van der Waals surface area contributed by atoms with Gasteiger partial charge in [-0.2, -0.15) is 0 Å². The minimum absolute atomic E-state index is 0.229. The predicted octanol–water partition coefficient (Wildman–Crippen LogP) is 8.05. The summed E-state index contributed by atoms with van der Waals surface area (Å²) in [5, 5.41) is 0. The molecule has 1 aliphatic carbocycles. The molecule has 2 aromatic rings. The zero-order valence-corrected chi connectivity index (χ0v) is 21.5. The molecule has 0 radical (unpaired) electrons. The average Bonchev–Trinajstić information content (AvgIpc) is 3.07. The number of para-hydroxylation sites is 1. The first-order valence-corrected chi connectivity index (χ1v) is 12.9. The first-order chi connectivity index (χ1) is 15.1. The van der Waals surface area contributed by atoms with Gasteiger partial charge in [0.15, 0.2) is 0 Å². The maximum absolute atomic E-state index is 2.71. The number of rotatable bonds is 3. The highest BCUT2D eigenvalue weighted by Crippen LogP contribution is 2.60. The minimum Gasteiger partial charge on any atom is -0.352 e. The molecule has 5 rings (SSSR count). The number of nitrogens with zero attached hydrogens (tertiary/aromatic N) is 2. The van der Waals surface area contributed by atoms with Crippen molar-refractivity contribution in [3.05, 3.63) is 53.1 Å². The van der Waals surface area contributed by atoms with Crippen molar-refractivity contribution in [1.29, 1.82) is 0 Å². The van der Waals surface area contributed by atoms with Gasteiger partial charge in [0.05, 0.1) is 11.4 Å². The van der Waals surface area contributed by atoms with E-state index in [0.717, 1.165) is 0 Å². The van der Waals surface area contributed by atoms with Crippen LogP contribution >= 0.6 is 0 Å². The van der Waals surface area contributed by atoms with E-state index in [1.165, 1.54) is 49.2 Å². The molecule has 0 aromatic heterocycles. The van der Waals surface area contributed by atoms with Gasteiger partial charge in [-0.05, 0) is 77.8 Å². The van der Waals surface area contributed by atoms with E-state index in [-0.39, 0.29) is 16.2 Å². The lowest BCUT2D eigenvalue weighted by molar-refractivity contribution is 0.192. The Balaban J connectivity index is 1.80. The minimum atomic E-state index is 0.229. The fourth-order valence-corrected chi connectivity index (χ4v) is 7.59. The molecule has 0 spiro atoms. The van der Waals surface area contributed by atoms with E-state index in [1.54, 1.807) is 16.7 Å². The first kappa shape index (κ1) is 21.9. The third kappa shape index (κ3) is 2.65. The van der Waals surface area contributed by atoms with Gasteiger partial charge in [0.25, 0.3) is 0 Å². The summed E-state index contributed by atoms with van der Waals surface area (Å²) < 4.78 is 0. The Labute approximate surface area is 196 Å². The molecule has 0 fully saturated rings. The van der Waals surface area contributed by atoms with Crippen LogP contribution in [0, 0.1) is 5.92 Å². The Hall–Kier alpha value is -1.96. The van der Waals surface area contributed by atoms with Crippen molar-refractivity contribution in [1.82, 2.24) is 0 Å². The third-order valence-electron chi connectivity index (χ3n) is 9.72. The molecule has 32 heavy (non-hydrogen) atoms. The van der Waals surface area contributed by atoms with Gasteiger partial charge in [-0.1, -0.05) is 66.7 Å². The molecule has 2 aromatic carbocycles. The van der Waals surface area contributed by atoms with E-state index in [1.807, 2.05) is 0 Å². The van der Waals surface area contributed by atoms with Gasteiger partial charge in [0.1, 0.15) is 6.17 Å². The Morgan fingerprint density at radius 2 is 1.34 bits per heavy atom. The summed E-state index contributed by atoms with van der Waals surface area (Å²) in [4.78, 5) is 5.33. The van der Waals surface area contributed by atoms with Crippen molar-refractivity contribution in [3.8, 4) is 0 Å². The van der Waals surface area contributed by atoms with Crippen molar-refractivity contribution in [2.24, 2.45) is 5.92 Å². The molecule has 0 saturated carbocycles. The lowest BCUT2D eigenvalue weighted by Crippen LogP contribution is -2.56. The van der Waals surface area contributed by atoms with E-state index in [4.69, 9.17) is 0 Å². The van der Waals surface area contributed by atoms with Crippen LogP contribution in [0.15, 0.2) is 36.4 Å². The van der Waals surface area contributed by atoms with E-state index >= 15 is 0 Å². The predicted molar refractivity (Wildman–Crippen MR) is 139 cm³/mol. The second kappa shape index (κ2) is 7.02. The number of anilines is 3. The highest BCUT2D eigenvalue weighted by atomic mass is 15.4. The Kier molecular flexibility index (Phi) is 4.79. The summed E-state index contributed by atoms with van der Waals surface area (Å²) in [5.41, 5.74) is 9.68. The molecule has 0 N–H and O–H groups in total. The molecule has 2 heteroatoms. The number of fused-ring (bicyclic) bond motifs is 6. The highest BCUT2D eigenvalue weighted by Gasteiger charge is 2.54. The van der Waals surface area contributed by atoms with Crippen LogP contribution in [0.2, 0.25) is 0 Å². The zero-order valence-electron chi connectivity index (χ0n) is 21.5. The fraction of sp³-hybridized carbons (Fsp3) is 0.600. The smallest absolute Gasteiger partial charge is 0.110 e. The Morgan fingerprint density at radius 1 is 0.781 bits per heavy atom. The summed E-state index contributed by atoms with van der Waals surface area (Å²) in [7, 11) is 2.35. The van der Waals surface area contributed by atoms with Crippen molar-refractivity contribution < 1.29 is 0 Å². The molecule has 2 atom stereocenters. The van der Waals surface area contributed by atoms with E-state index in [9.17, 15) is 0 Å². The summed E-state index contributed by atoms with van der Waals surface area (Å²) >= 11 is 0. The number of hydrogen-bond acceptors (Lipinski definition) is 2. The van der Waals surface area contributed by atoms with Crippen LogP contribution in [-0.4, -0.2) is 13.2 Å². The second-order valence-corrected chi connectivity index (χ2v) is 11.9. The van der Waals surface area contributed by atoms with Crippen LogP contribution in [0.3, 0.4) is 0 Å². The maximum Gasteiger partial charge on any atom is 0.110 e. The first-order valence-electron chi connectivity index (χ1n) is 12.9. The molecule has 0 amide bonds. The van der Waals surface area contributed by atoms with Gasteiger partial charge >= 0.3 is 0 Å². The van der Waals surface area contributed by atoms with Crippen LogP contribution in [0.25, 0.3) is 0 Å². The van der Waals surface area contributed by atoms with Crippen molar-refractivity contribution in [2.45, 2.75) is 103 Å². The van der Waals surface area contributed by atoms with Gasteiger partial charge in [0.2, 0.25) is 0 Å². The van der Waals surface area contributed by atoms with Crippen LogP contribution in [-0.2, 0) is 16.2 Å². The molecule has 2 unspecified atom stereocenters. The molecule has 2 aliphatic heterocycles. The molecule has 172 valence electrons. The lowest BCUT2D eigenvalue weighted by atomic mass is 9.61. The normalized spacial score (nSPS) is 26.2. The van der Waals surface area contributed by atoms with E-state index in [0.29, 0.717) is 12.1 Å². The van der Waals surface area contributed by atoms with Crippen LogP contribution in [0.1, 0.15) is 97.3 Å². The second-order valence-electron chi connectivity index (χ2n) is 11.9. The quantitative estimate of drug-likeness (QED) is 0.486. The van der Waals surface area contributed by atoms with E-state index in [2.05, 4.69) is 102 Å². The molecule has 2 nitrogen and oxygen atoms in total. The molecular formula is C30H42N2. The standard InChI is InChI=1S/C30H42N2/c1-9-20-27-31(8)25-18-22-23(29(6,7)17-16-28(22,4)5)19-26(25)32(27)24-15-13-12-14-21(24)30(20,10-2)11-3/h12-15,18-20,27H,9-11,16-17H2,1-8H3. The highest BCUT2D eigenvalue weighted by molar-refractivity contribution is 5.88. The summed E-state index contributed by atoms with van der Waals surface area (Å²) in [6.45, 7) is 17.0. The fourth-order valence-electron chi connectivity index (χ4n) is 7.59. The largest absolute Gasteiger partial charge is 0.352 e. The topological polar surface area (TPSA) is 6.48 Å². The summed E-state index contributed by atoms with van der Waals surface area (Å²) in [5.74, 6) is 0.600. The Bertz CT molecular complexity index is 1040. The zero-order chi connectivity index (χ0) is 23.1. The monoisotopic (exact) mass is 430 g/mol. The van der Waals surface area contributed by atoms with Gasteiger partial charge in [-0.25, -0.2) is 0 Å². The third-order valence-corrected chi connectivity index (χ3v) is 9.72. The number of hydrogen-bond donors (Lipinski definition) is 0. The van der Waals surface area contributed by atoms with Crippen molar-refractivity contribution >= 4 is 17.1 Å². The average molecular weight is 431 g/mol. The SMILES string of the molecule is CCC1C2N(C)c3cc4c(cc3N2c2ccccc2C1(CC)CC)C(C)(C)CCC4(C)C. The maximum atomic E-state index is 2.71. The van der Waals surface area contributed by atoms with Crippen LogP contribution < -0.4 is 9.80 Å².